The summed E-state index contributed by atoms with van der Waals surface area (Å²) in [6, 6.07) is 14.0. The summed E-state index contributed by atoms with van der Waals surface area (Å²) in [4.78, 5) is 26.9. The first-order chi connectivity index (χ1) is 12.0. The topological polar surface area (TPSA) is 49.4 Å². The van der Waals surface area contributed by atoms with Gasteiger partial charge in [-0.05, 0) is 49.2 Å². The van der Waals surface area contributed by atoms with Gasteiger partial charge in [-0.25, -0.2) is 0 Å². The molecule has 1 N–H and O–H groups in total. The highest BCUT2D eigenvalue weighted by Gasteiger charge is 2.22. The Hall–Kier alpha value is -2.27. The van der Waals surface area contributed by atoms with E-state index in [1.165, 1.54) is 10.5 Å². The number of fused-ring (bicyclic) bond motifs is 1. The molecule has 1 aliphatic rings. The molecular weight excluding hydrogens is 332 g/mol. The zero-order valence-corrected chi connectivity index (χ0v) is 15.4. The fraction of sp³-hybridized carbons (Fsp3) is 0.300. The van der Waals surface area contributed by atoms with Gasteiger partial charge in [0, 0.05) is 41.9 Å². The summed E-state index contributed by atoms with van der Waals surface area (Å²) >= 11 is 1.73. The molecule has 0 fully saturated rings. The van der Waals surface area contributed by atoms with Gasteiger partial charge in [0.25, 0.3) is 5.91 Å². The third-order valence-electron chi connectivity index (χ3n) is 4.29. The van der Waals surface area contributed by atoms with Crippen molar-refractivity contribution in [1.82, 2.24) is 5.32 Å². The molecule has 2 aromatic carbocycles. The quantitative estimate of drug-likeness (QED) is 0.661. The van der Waals surface area contributed by atoms with Gasteiger partial charge in [-0.3, -0.25) is 9.59 Å². The highest BCUT2D eigenvalue weighted by atomic mass is 32.2. The SMILES string of the molecule is CC(=O)N1CCc2cc(C(=O)NCCSc3ccc(C)cc3)ccc21. The van der Waals surface area contributed by atoms with Crippen LogP contribution in [0.1, 0.15) is 28.4 Å². The smallest absolute Gasteiger partial charge is 0.251 e. The number of benzene rings is 2. The van der Waals surface area contributed by atoms with E-state index in [2.05, 4.69) is 36.5 Å². The molecule has 1 heterocycles. The van der Waals surface area contributed by atoms with Crippen molar-refractivity contribution in [2.24, 2.45) is 0 Å². The maximum atomic E-state index is 12.3. The second-order valence-electron chi connectivity index (χ2n) is 6.18. The minimum Gasteiger partial charge on any atom is -0.351 e. The zero-order valence-electron chi connectivity index (χ0n) is 14.5. The van der Waals surface area contributed by atoms with Gasteiger partial charge in [-0.15, -0.1) is 11.8 Å². The maximum absolute atomic E-state index is 12.3. The molecule has 0 aromatic heterocycles. The lowest BCUT2D eigenvalue weighted by atomic mass is 10.1. The molecule has 0 saturated carbocycles. The van der Waals surface area contributed by atoms with E-state index in [0.717, 1.165) is 23.4 Å². The molecule has 0 aliphatic carbocycles. The molecule has 1 aliphatic heterocycles. The summed E-state index contributed by atoms with van der Waals surface area (Å²) in [6.45, 7) is 4.96. The molecule has 4 nitrogen and oxygen atoms in total. The van der Waals surface area contributed by atoms with E-state index >= 15 is 0 Å². The van der Waals surface area contributed by atoms with Crippen LogP contribution in [0.3, 0.4) is 0 Å². The molecule has 130 valence electrons. The molecule has 2 aromatic rings. The Kier molecular flexibility index (Phi) is 5.43. The fourth-order valence-electron chi connectivity index (χ4n) is 2.94. The summed E-state index contributed by atoms with van der Waals surface area (Å²) in [6.07, 6.45) is 0.805. The Balaban J connectivity index is 1.52. The molecule has 3 rings (SSSR count). The molecular formula is C20H22N2O2S. The van der Waals surface area contributed by atoms with Gasteiger partial charge < -0.3 is 10.2 Å². The number of carbonyl (C=O) groups is 2. The van der Waals surface area contributed by atoms with Crippen LogP contribution in [0, 0.1) is 6.92 Å². The van der Waals surface area contributed by atoms with Crippen molar-refractivity contribution in [2.45, 2.75) is 25.2 Å². The van der Waals surface area contributed by atoms with Crippen LogP contribution < -0.4 is 10.2 Å². The normalized spacial score (nSPS) is 12.8. The van der Waals surface area contributed by atoms with Gasteiger partial charge >= 0.3 is 0 Å². The van der Waals surface area contributed by atoms with Crippen LogP contribution in [0.15, 0.2) is 47.4 Å². The number of anilines is 1. The van der Waals surface area contributed by atoms with Crippen molar-refractivity contribution in [3.63, 3.8) is 0 Å². The molecule has 5 heteroatoms. The summed E-state index contributed by atoms with van der Waals surface area (Å²) in [5.74, 6) is 0.815. The molecule has 0 atom stereocenters. The maximum Gasteiger partial charge on any atom is 0.251 e. The standard InChI is InChI=1S/C20H22N2O2S/c1-14-3-6-18(7-4-14)25-12-10-21-20(24)17-5-8-19-16(13-17)9-11-22(19)15(2)23/h3-8,13H,9-12H2,1-2H3,(H,21,24). The van der Waals surface area contributed by atoms with Crippen molar-refractivity contribution in [3.8, 4) is 0 Å². The van der Waals surface area contributed by atoms with Gasteiger partial charge in [-0.2, -0.15) is 0 Å². The van der Waals surface area contributed by atoms with Crippen LogP contribution in [0.2, 0.25) is 0 Å². The third-order valence-corrected chi connectivity index (χ3v) is 5.31. The first-order valence-corrected chi connectivity index (χ1v) is 9.42. The second-order valence-corrected chi connectivity index (χ2v) is 7.35. The average molecular weight is 354 g/mol. The van der Waals surface area contributed by atoms with Crippen LogP contribution >= 0.6 is 11.8 Å². The summed E-state index contributed by atoms with van der Waals surface area (Å²) in [7, 11) is 0. The number of carbonyl (C=O) groups excluding carboxylic acids is 2. The van der Waals surface area contributed by atoms with E-state index in [-0.39, 0.29) is 11.8 Å². The van der Waals surface area contributed by atoms with Crippen LogP contribution in [0.5, 0.6) is 0 Å². The Morgan fingerprint density at radius 1 is 1.16 bits per heavy atom. The highest BCUT2D eigenvalue weighted by molar-refractivity contribution is 7.99. The molecule has 25 heavy (non-hydrogen) atoms. The number of thioether (sulfide) groups is 1. The monoisotopic (exact) mass is 354 g/mol. The Labute approximate surface area is 152 Å². The van der Waals surface area contributed by atoms with Crippen LogP contribution in [0.4, 0.5) is 5.69 Å². The highest BCUT2D eigenvalue weighted by Crippen LogP contribution is 2.28. The van der Waals surface area contributed by atoms with Crippen molar-refractivity contribution < 1.29 is 9.59 Å². The van der Waals surface area contributed by atoms with Gasteiger partial charge in [0.2, 0.25) is 5.91 Å². The number of amides is 2. The van der Waals surface area contributed by atoms with E-state index < -0.39 is 0 Å². The summed E-state index contributed by atoms with van der Waals surface area (Å²) in [5, 5.41) is 2.97. The average Bonchev–Trinajstić information content (AvgIpc) is 3.03. The molecule has 0 spiro atoms. The third kappa shape index (κ3) is 4.23. The number of hydrogen-bond acceptors (Lipinski definition) is 3. The van der Waals surface area contributed by atoms with Gasteiger partial charge in [0.05, 0.1) is 0 Å². The number of rotatable bonds is 5. The van der Waals surface area contributed by atoms with Crippen LogP contribution in [-0.2, 0) is 11.2 Å². The lowest BCUT2D eigenvalue weighted by Gasteiger charge is -2.14. The van der Waals surface area contributed by atoms with E-state index in [9.17, 15) is 9.59 Å². The largest absolute Gasteiger partial charge is 0.351 e. The lowest BCUT2D eigenvalue weighted by molar-refractivity contribution is -0.116. The van der Waals surface area contributed by atoms with E-state index in [1.54, 1.807) is 29.7 Å². The van der Waals surface area contributed by atoms with E-state index in [4.69, 9.17) is 0 Å². The van der Waals surface area contributed by atoms with E-state index in [0.29, 0.717) is 18.7 Å². The predicted molar refractivity (Wildman–Crippen MR) is 102 cm³/mol. The second kappa shape index (κ2) is 7.74. The predicted octanol–water partition coefficient (Wildman–Crippen LogP) is 3.43. The molecule has 2 amide bonds. The van der Waals surface area contributed by atoms with Crippen molar-refractivity contribution in [2.75, 3.05) is 23.7 Å². The molecule has 0 bridgehead atoms. The number of hydrogen-bond donors (Lipinski definition) is 1. The minimum atomic E-state index is -0.0615. The van der Waals surface area contributed by atoms with Gasteiger partial charge in [0.15, 0.2) is 0 Å². The number of nitrogens with one attached hydrogen (secondary N) is 1. The molecule has 0 unspecified atom stereocenters. The Bertz CT molecular complexity index is 787. The van der Waals surface area contributed by atoms with Crippen LogP contribution in [-0.4, -0.2) is 30.7 Å². The van der Waals surface area contributed by atoms with Gasteiger partial charge in [-0.1, -0.05) is 17.7 Å². The van der Waals surface area contributed by atoms with Crippen molar-refractivity contribution in [3.05, 3.63) is 59.2 Å². The summed E-state index contributed by atoms with van der Waals surface area (Å²) in [5.41, 5.74) is 3.90. The van der Waals surface area contributed by atoms with Crippen molar-refractivity contribution in [1.29, 1.82) is 0 Å². The van der Waals surface area contributed by atoms with Crippen molar-refractivity contribution >= 4 is 29.3 Å². The fourth-order valence-corrected chi connectivity index (χ4v) is 3.71. The lowest BCUT2D eigenvalue weighted by Crippen LogP contribution is -2.26. The van der Waals surface area contributed by atoms with Gasteiger partial charge in [0.1, 0.15) is 0 Å². The zero-order chi connectivity index (χ0) is 17.8. The minimum absolute atomic E-state index is 0.0454. The number of nitrogens with zero attached hydrogens (tertiary/aromatic N) is 1. The van der Waals surface area contributed by atoms with Crippen LogP contribution in [0.25, 0.3) is 0 Å². The van der Waals surface area contributed by atoms with E-state index in [1.807, 2.05) is 12.1 Å². The first kappa shape index (κ1) is 17.5. The molecule has 0 radical (unpaired) electrons. The Morgan fingerprint density at radius 3 is 2.64 bits per heavy atom. The summed E-state index contributed by atoms with van der Waals surface area (Å²) < 4.78 is 0. The number of aryl methyl sites for hydroxylation is 1. The first-order valence-electron chi connectivity index (χ1n) is 8.43. The molecule has 0 saturated heterocycles. The Morgan fingerprint density at radius 2 is 1.92 bits per heavy atom.